The Kier molecular flexibility index (Phi) is 4.27. The second-order valence-electron chi connectivity index (χ2n) is 4.86. The monoisotopic (exact) mass is 311 g/mol. The molecule has 1 saturated heterocycles. The minimum Gasteiger partial charge on any atom is -0.507 e. The molecule has 1 aliphatic heterocycles. The number of carbonyl (C=O) groups is 1. The second kappa shape index (κ2) is 5.74. The van der Waals surface area contributed by atoms with E-state index in [1.54, 1.807) is 18.2 Å². The number of halogens is 1. The zero-order chi connectivity index (χ0) is 13.1. The third kappa shape index (κ3) is 2.86. The lowest BCUT2D eigenvalue weighted by molar-refractivity contribution is 0.0695. The van der Waals surface area contributed by atoms with Gasteiger partial charge in [0.1, 0.15) is 5.75 Å². The van der Waals surface area contributed by atoms with E-state index in [2.05, 4.69) is 22.9 Å². The maximum atomic E-state index is 12.4. The molecule has 1 N–H and O–H groups in total. The van der Waals surface area contributed by atoms with Crippen molar-refractivity contribution < 1.29 is 9.90 Å². The van der Waals surface area contributed by atoms with Crippen LogP contribution < -0.4 is 0 Å². The summed E-state index contributed by atoms with van der Waals surface area (Å²) >= 11 is 3.28. The average Bonchev–Trinajstić information content (AvgIpc) is 2.53. The van der Waals surface area contributed by atoms with Crippen molar-refractivity contribution in [1.82, 2.24) is 4.90 Å². The van der Waals surface area contributed by atoms with Crippen molar-refractivity contribution in [3.63, 3.8) is 0 Å². The summed E-state index contributed by atoms with van der Waals surface area (Å²) in [6, 6.07) is 5.29. The fourth-order valence-corrected chi connectivity index (χ4v) is 2.77. The van der Waals surface area contributed by atoms with E-state index in [1.165, 1.54) is 12.8 Å². The standard InChI is InChI=1S/C14H18BrNO2/c1-10-5-3-2-4-8-16(10)14(18)12-7-6-11(15)9-13(12)17/h6-7,9-10,17H,2-5,8H2,1H3. The number of phenols is 1. The molecule has 1 aliphatic rings. The second-order valence-corrected chi connectivity index (χ2v) is 5.77. The molecule has 1 aromatic rings. The average molecular weight is 312 g/mol. The third-order valence-electron chi connectivity index (χ3n) is 3.50. The van der Waals surface area contributed by atoms with Gasteiger partial charge in [0, 0.05) is 17.1 Å². The Hall–Kier alpha value is -1.03. The van der Waals surface area contributed by atoms with Gasteiger partial charge in [-0.25, -0.2) is 0 Å². The first-order valence-electron chi connectivity index (χ1n) is 6.39. The number of rotatable bonds is 1. The maximum absolute atomic E-state index is 12.4. The number of aromatic hydroxyl groups is 1. The predicted molar refractivity (Wildman–Crippen MR) is 74.8 cm³/mol. The summed E-state index contributed by atoms with van der Waals surface area (Å²) < 4.78 is 0.778. The number of carbonyl (C=O) groups excluding carboxylic acids is 1. The summed E-state index contributed by atoms with van der Waals surface area (Å²) in [6.45, 7) is 2.87. The van der Waals surface area contributed by atoms with Gasteiger partial charge in [0.25, 0.3) is 5.91 Å². The number of hydrogen-bond acceptors (Lipinski definition) is 2. The molecule has 18 heavy (non-hydrogen) atoms. The van der Waals surface area contributed by atoms with E-state index >= 15 is 0 Å². The van der Waals surface area contributed by atoms with Gasteiger partial charge in [-0.15, -0.1) is 0 Å². The number of amides is 1. The van der Waals surface area contributed by atoms with Crippen molar-refractivity contribution in [2.24, 2.45) is 0 Å². The normalized spacial score (nSPS) is 20.6. The molecule has 2 rings (SSSR count). The molecular weight excluding hydrogens is 294 g/mol. The fourth-order valence-electron chi connectivity index (χ4n) is 2.42. The van der Waals surface area contributed by atoms with E-state index in [4.69, 9.17) is 0 Å². The zero-order valence-electron chi connectivity index (χ0n) is 10.5. The molecule has 1 heterocycles. The lowest BCUT2D eigenvalue weighted by atomic mass is 10.1. The Bertz CT molecular complexity index is 447. The van der Waals surface area contributed by atoms with Crippen LogP contribution in [-0.2, 0) is 0 Å². The SMILES string of the molecule is CC1CCCCCN1C(=O)c1ccc(Br)cc1O. The van der Waals surface area contributed by atoms with E-state index in [0.717, 1.165) is 23.9 Å². The van der Waals surface area contributed by atoms with Gasteiger partial charge >= 0.3 is 0 Å². The van der Waals surface area contributed by atoms with E-state index in [9.17, 15) is 9.90 Å². The molecule has 98 valence electrons. The highest BCUT2D eigenvalue weighted by Crippen LogP contribution is 2.26. The van der Waals surface area contributed by atoms with Crippen LogP contribution in [0.3, 0.4) is 0 Å². The van der Waals surface area contributed by atoms with Crippen molar-refractivity contribution in [2.45, 2.75) is 38.6 Å². The molecule has 0 aliphatic carbocycles. The van der Waals surface area contributed by atoms with Gasteiger partial charge in [-0.3, -0.25) is 4.79 Å². The van der Waals surface area contributed by atoms with Gasteiger partial charge in [0.05, 0.1) is 5.56 Å². The van der Waals surface area contributed by atoms with Crippen LogP contribution in [0.25, 0.3) is 0 Å². The largest absolute Gasteiger partial charge is 0.507 e. The molecule has 1 fully saturated rings. The smallest absolute Gasteiger partial charge is 0.257 e. The molecule has 1 aromatic carbocycles. The van der Waals surface area contributed by atoms with Gasteiger partial charge < -0.3 is 10.0 Å². The van der Waals surface area contributed by atoms with E-state index < -0.39 is 0 Å². The van der Waals surface area contributed by atoms with Crippen LogP contribution in [0.15, 0.2) is 22.7 Å². The van der Waals surface area contributed by atoms with Gasteiger partial charge in [0.15, 0.2) is 0 Å². The quantitative estimate of drug-likeness (QED) is 0.861. The summed E-state index contributed by atoms with van der Waals surface area (Å²) in [5.41, 5.74) is 0.395. The molecule has 4 heteroatoms. The Morgan fingerprint density at radius 2 is 2.17 bits per heavy atom. The molecule has 0 bridgehead atoms. The number of benzene rings is 1. The Morgan fingerprint density at radius 1 is 1.39 bits per heavy atom. The number of nitrogens with zero attached hydrogens (tertiary/aromatic N) is 1. The molecule has 0 aromatic heterocycles. The highest BCUT2D eigenvalue weighted by atomic mass is 79.9. The van der Waals surface area contributed by atoms with Crippen LogP contribution in [-0.4, -0.2) is 28.5 Å². The van der Waals surface area contributed by atoms with E-state index in [-0.39, 0.29) is 17.7 Å². The first-order valence-corrected chi connectivity index (χ1v) is 7.18. The topological polar surface area (TPSA) is 40.5 Å². The lowest BCUT2D eigenvalue weighted by Crippen LogP contribution is -2.38. The van der Waals surface area contributed by atoms with Crippen molar-refractivity contribution in [3.8, 4) is 5.75 Å². The summed E-state index contributed by atoms with van der Waals surface area (Å²) in [5.74, 6) is -0.0137. The van der Waals surface area contributed by atoms with Crippen LogP contribution in [0.2, 0.25) is 0 Å². The fraction of sp³-hybridized carbons (Fsp3) is 0.500. The van der Waals surface area contributed by atoms with Crippen LogP contribution in [0.1, 0.15) is 43.0 Å². The maximum Gasteiger partial charge on any atom is 0.257 e. The number of phenolic OH excluding ortho intramolecular Hbond substituents is 1. The van der Waals surface area contributed by atoms with Crippen molar-refractivity contribution >= 4 is 21.8 Å². The number of likely N-dealkylation sites (tertiary alicyclic amines) is 1. The van der Waals surface area contributed by atoms with Gasteiger partial charge in [-0.2, -0.15) is 0 Å². The van der Waals surface area contributed by atoms with Crippen molar-refractivity contribution in [1.29, 1.82) is 0 Å². The van der Waals surface area contributed by atoms with Crippen LogP contribution in [0.4, 0.5) is 0 Å². The molecule has 3 nitrogen and oxygen atoms in total. The Morgan fingerprint density at radius 3 is 2.89 bits per heavy atom. The van der Waals surface area contributed by atoms with Gasteiger partial charge in [-0.05, 0) is 38.0 Å². The highest BCUT2D eigenvalue weighted by molar-refractivity contribution is 9.10. The van der Waals surface area contributed by atoms with Crippen LogP contribution >= 0.6 is 15.9 Å². The third-order valence-corrected chi connectivity index (χ3v) is 4.00. The molecule has 1 unspecified atom stereocenters. The zero-order valence-corrected chi connectivity index (χ0v) is 12.1. The minimum atomic E-state index is -0.0607. The molecule has 0 spiro atoms. The van der Waals surface area contributed by atoms with Gasteiger partial charge in [-0.1, -0.05) is 28.8 Å². The first-order chi connectivity index (χ1) is 8.59. The number of hydrogen-bond donors (Lipinski definition) is 1. The van der Waals surface area contributed by atoms with Gasteiger partial charge in [0.2, 0.25) is 0 Å². The minimum absolute atomic E-state index is 0.0471. The van der Waals surface area contributed by atoms with Crippen molar-refractivity contribution in [2.75, 3.05) is 6.54 Å². The van der Waals surface area contributed by atoms with Crippen molar-refractivity contribution in [3.05, 3.63) is 28.2 Å². The molecule has 1 amide bonds. The highest BCUT2D eigenvalue weighted by Gasteiger charge is 2.24. The Labute approximate surface area is 116 Å². The predicted octanol–water partition coefficient (Wildman–Crippen LogP) is 3.56. The summed E-state index contributed by atoms with van der Waals surface area (Å²) in [4.78, 5) is 14.3. The molecule has 0 saturated carbocycles. The summed E-state index contributed by atoms with van der Waals surface area (Å²) in [5, 5.41) is 9.87. The summed E-state index contributed by atoms with van der Waals surface area (Å²) in [7, 11) is 0. The lowest BCUT2D eigenvalue weighted by Gasteiger charge is -2.27. The molecule has 1 atom stereocenters. The Balaban J connectivity index is 2.23. The molecular formula is C14H18BrNO2. The van der Waals surface area contributed by atoms with E-state index in [1.807, 2.05) is 4.90 Å². The summed E-state index contributed by atoms with van der Waals surface area (Å²) in [6.07, 6.45) is 4.45. The first kappa shape index (κ1) is 13.4. The molecule has 0 radical (unpaired) electrons. The van der Waals surface area contributed by atoms with Crippen LogP contribution in [0.5, 0.6) is 5.75 Å². The van der Waals surface area contributed by atoms with Crippen LogP contribution in [0, 0.1) is 0 Å². The van der Waals surface area contributed by atoms with E-state index in [0.29, 0.717) is 5.56 Å².